The highest BCUT2D eigenvalue weighted by molar-refractivity contribution is 6.23. The molecule has 0 aliphatic heterocycles. The zero-order chi connectivity index (χ0) is 8.29. The standard InChI is InChI=1S/C10H10O2/c11-7-4-8(12)10-6-2-1-5(3-6)9(7)10/h5-6H,1-4H2. The number of Topliss-reactive ketones (excluding diaryl/α,β-unsaturated/α-hetero) is 2. The van der Waals surface area contributed by atoms with Gasteiger partial charge in [-0.3, -0.25) is 9.59 Å². The van der Waals surface area contributed by atoms with E-state index in [1.165, 1.54) is 0 Å². The zero-order valence-electron chi connectivity index (χ0n) is 6.80. The second-order valence-electron chi connectivity index (χ2n) is 4.06. The zero-order valence-corrected chi connectivity index (χ0v) is 6.80. The Hall–Kier alpha value is -0.920. The fourth-order valence-corrected chi connectivity index (χ4v) is 3.04. The summed E-state index contributed by atoms with van der Waals surface area (Å²) >= 11 is 0. The van der Waals surface area contributed by atoms with Crippen LogP contribution in [0.3, 0.4) is 0 Å². The van der Waals surface area contributed by atoms with Crippen LogP contribution in [0.1, 0.15) is 25.7 Å². The molecule has 0 aromatic carbocycles. The highest BCUT2D eigenvalue weighted by Gasteiger charge is 2.48. The van der Waals surface area contributed by atoms with Gasteiger partial charge in [-0.1, -0.05) is 0 Å². The van der Waals surface area contributed by atoms with Crippen molar-refractivity contribution in [1.29, 1.82) is 0 Å². The van der Waals surface area contributed by atoms with Crippen LogP contribution in [0, 0.1) is 11.8 Å². The number of ketones is 2. The quantitative estimate of drug-likeness (QED) is 0.502. The molecule has 2 atom stereocenters. The maximum absolute atomic E-state index is 11.4. The van der Waals surface area contributed by atoms with E-state index < -0.39 is 0 Å². The van der Waals surface area contributed by atoms with Crippen molar-refractivity contribution in [2.75, 3.05) is 0 Å². The summed E-state index contributed by atoms with van der Waals surface area (Å²) in [4.78, 5) is 22.8. The lowest BCUT2D eigenvalue weighted by atomic mass is 9.93. The van der Waals surface area contributed by atoms with Crippen LogP contribution in [-0.2, 0) is 9.59 Å². The van der Waals surface area contributed by atoms with E-state index in [9.17, 15) is 9.59 Å². The lowest BCUT2D eigenvalue weighted by Gasteiger charge is -2.09. The third-order valence-corrected chi connectivity index (χ3v) is 3.46. The van der Waals surface area contributed by atoms with E-state index >= 15 is 0 Å². The summed E-state index contributed by atoms with van der Waals surface area (Å²) in [5, 5.41) is 0. The minimum Gasteiger partial charge on any atom is -0.294 e. The van der Waals surface area contributed by atoms with Crippen LogP contribution >= 0.6 is 0 Å². The van der Waals surface area contributed by atoms with Crippen molar-refractivity contribution in [2.45, 2.75) is 25.7 Å². The Kier molecular flexibility index (Phi) is 1.03. The molecule has 0 aromatic heterocycles. The molecule has 0 aromatic rings. The van der Waals surface area contributed by atoms with Crippen LogP contribution in [0.5, 0.6) is 0 Å². The van der Waals surface area contributed by atoms with Gasteiger partial charge in [-0.15, -0.1) is 0 Å². The second kappa shape index (κ2) is 1.87. The molecular formula is C10H10O2. The topological polar surface area (TPSA) is 34.1 Å². The molecule has 0 amide bonds. The number of hydrogen-bond donors (Lipinski definition) is 0. The normalized spacial score (nSPS) is 38.3. The smallest absolute Gasteiger partial charge is 0.167 e. The third-order valence-electron chi connectivity index (χ3n) is 3.46. The maximum atomic E-state index is 11.4. The Morgan fingerprint density at radius 1 is 0.917 bits per heavy atom. The number of fused-ring (bicyclic) bond motifs is 4. The van der Waals surface area contributed by atoms with E-state index in [0.717, 1.165) is 30.4 Å². The van der Waals surface area contributed by atoms with Crippen molar-refractivity contribution >= 4 is 11.6 Å². The Balaban J connectivity index is 2.18. The first-order chi connectivity index (χ1) is 5.77. The average molecular weight is 162 g/mol. The first-order valence-corrected chi connectivity index (χ1v) is 4.58. The molecule has 2 heteroatoms. The fourth-order valence-electron chi connectivity index (χ4n) is 3.04. The molecular weight excluding hydrogens is 152 g/mol. The SMILES string of the molecule is O=C1CC(=O)C2=C1C1CCC2C1. The molecule has 0 saturated heterocycles. The van der Waals surface area contributed by atoms with Gasteiger partial charge < -0.3 is 0 Å². The largest absolute Gasteiger partial charge is 0.294 e. The van der Waals surface area contributed by atoms with Crippen LogP contribution in [0.2, 0.25) is 0 Å². The lowest BCUT2D eigenvalue weighted by Crippen LogP contribution is -2.05. The molecule has 0 radical (unpaired) electrons. The van der Waals surface area contributed by atoms with E-state index in [-0.39, 0.29) is 18.0 Å². The monoisotopic (exact) mass is 162 g/mol. The predicted molar refractivity (Wildman–Crippen MR) is 42.5 cm³/mol. The first-order valence-electron chi connectivity index (χ1n) is 4.58. The summed E-state index contributed by atoms with van der Waals surface area (Å²) in [6.07, 6.45) is 3.55. The molecule has 2 bridgehead atoms. The van der Waals surface area contributed by atoms with Gasteiger partial charge in [-0.25, -0.2) is 0 Å². The number of allylic oxidation sites excluding steroid dienone is 2. The van der Waals surface area contributed by atoms with Gasteiger partial charge in [0.15, 0.2) is 11.6 Å². The molecule has 3 aliphatic carbocycles. The van der Waals surface area contributed by atoms with E-state index in [0.29, 0.717) is 11.8 Å². The first kappa shape index (κ1) is 6.58. The van der Waals surface area contributed by atoms with E-state index in [2.05, 4.69) is 0 Å². The summed E-state index contributed by atoms with van der Waals surface area (Å²) in [7, 11) is 0. The van der Waals surface area contributed by atoms with Crippen LogP contribution in [0.15, 0.2) is 11.1 Å². The van der Waals surface area contributed by atoms with Crippen molar-refractivity contribution in [3.8, 4) is 0 Å². The molecule has 1 saturated carbocycles. The molecule has 0 heterocycles. The fraction of sp³-hybridized carbons (Fsp3) is 0.600. The van der Waals surface area contributed by atoms with Gasteiger partial charge in [-0.05, 0) is 31.1 Å². The second-order valence-corrected chi connectivity index (χ2v) is 4.06. The maximum Gasteiger partial charge on any atom is 0.167 e. The Labute approximate surface area is 70.6 Å². The van der Waals surface area contributed by atoms with Crippen molar-refractivity contribution in [1.82, 2.24) is 0 Å². The molecule has 3 aliphatic rings. The number of rotatable bonds is 0. The summed E-state index contributed by atoms with van der Waals surface area (Å²) < 4.78 is 0. The van der Waals surface area contributed by atoms with Gasteiger partial charge in [-0.2, -0.15) is 0 Å². The summed E-state index contributed by atoms with van der Waals surface area (Å²) in [6, 6.07) is 0. The van der Waals surface area contributed by atoms with Crippen LogP contribution in [-0.4, -0.2) is 11.6 Å². The van der Waals surface area contributed by atoms with Crippen LogP contribution in [0.4, 0.5) is 0 Å². The Morgan fingerprint density at radius 2 is 1.42 bits per heavy atom. The summed E-state index contributed by atoms with van der Waals surface area (Å²) in [5.74, 6) is 1.18. The van der Waals surface area contributed by atoms with Gasteiger partial charge in [0.25, 0.3) is 0 Å². The molecule has 12 heavy (non-hydrogen) atoms. The predicted octanol–water partition coefficient (Wildman–Crippen LogP) is 1.25. The summed E-state index contributed by atoms with van der Waals surface area (Å²) in [6.45, 7) is 0. The van der Waals surface area contributed by atoms with Gasteiger partial charge in [0, 0.05) is 11.1 Å². The molecule has 62 valence electrons. The molecule has 1 fully saturated rings. The van der Waals surface area contributed by atoms with Gasteiger partial charge in [0.1, 0.15) is 0 Å². The van der Waals surface area contributed by atoms with Crippen molar-refractivity contribution in [3.05, 3.63) is 11.1 Å². The average Bonchev–Trinajstić information content (AvgIpc) is 2.64. The lowest BCUT2D eigenvalue weighted by molar-refractivity contribution is -0.121. The van der Waals surface area contributed by atoms with Gasteiger partial charge >= 0.3 is 0 Å². The Morgan fingerprint density at radius 3 is 1.92 bits per heavy atom. The molecule has 2 nitrogen and oxygen atoms in total. The minimum absolute atomic E-state index is 0.127. The van der Waals surface area contributed by atoms with Crippen LogP contribution in [0.25, 0.3) is 0 Å². The van der Waals surface area contributed by atoms with Gasteiger partial charge in [0.2, 0.25) is 0 Å². The number of carbonyl (C=O) groups is 2. The van der Waals surface area contributed by atoms with E-state index in [1.54, 1.807) is 0 Å². The minimum atomic E-state index is 0.127. The molecule has 0 N–H and O–H groups in total. The Bertz CT molecular complexity index is 295. The molecule has 0 spiro atoms. The van der Waals surface area contributed by atoms with Crippen molar-refractivity contribution < 1.29 is 9.59 Å². The molecule has 3 rings (SSSR count). The van der Waals surface area contributed by atoms with Crippen LogP contribution < -0.4 is 0 Å². The van der Waals surface area contributed by atoms with Gasteiger partial charge in [0.05, 0.1) is 6.42 Å². The van der Waals surface area contributed by atoms with E-state index in [4.69, 9.17) is 0 Å². The van der Waals surface area contributed by atoms with E-state index in [1.807, 2.05) is 0 Å². The highest BCUT2D eigenvalue weighted by atomic mass is 16.2. The number of hydrogen-bond acceptors (Lipinski definition) is 2. The summed E-state index contributed by atoms with van der Waals surface area (Å²) in [5.41, 5.74) is 1.85. The highest BCUT2D eigenvalue weighted by Crippen LogP contribution is 2.51. The van der Waals surface area contributed by atoms with Crippen molar-refractivity contribution in [2.24, 2.45) is 11.8 Å². The molecule has 2 unspecified atom stereocenters. The third kappa shape index (κ3) is 0.576. The number of carbonyl (C=O) groups excluding carboxylic acids is 2. The van der Waals surface area contributed by atoms with Crippen molar-refractivity contribution in [3.63, 3.8) is 0 Å².